The highest BCUT2D eigenvalue weighted by Crippen LogP contribution is 2.20. The van der Waals surface area contributed by atoms with Crippen LogP contribution in [0.2, 0.25) is 0 Å². The summed E-state index contributed by atoms with van der Waals surface area (Å²) in [4.78, 5) is 13.5. The van der Waals surface area contributed by atoms with Gasteiger partial charge in [0.15, 0.2) is 0 Å². The first-order valence-corrected chi connectivity index (χ1v) is 7.12. The topological polar surface area (TPSA) is 52.6 Å². The number of nitrogens with zero attached hydrogens (tertiary/aromatic N) is 1. The standard InChI is InChI=1S/C14H28N2O2/c1-10(2)16(12(4)11(3)14(17)18)9-13-5-7-15-8-6-13/h10-13,15H,5-9H2,1-4H3,(H,17,18). The molecule has 0 aromatic rings. The molecule has 18 heavy (non-hydrogen) atoms. The van der Waals surface area contributed by atoms with Crippen molar-refractivity contribution in [1.29, 1.82) is 0 Å². The van der Waals surface area contributed by atoms with Crippen LogP contribution in [0.3, 0.4) is 0 Å². The van der Waals surface area contributed by atoms with Crippen LogP contribution < -0.4 is 5.32 Å². The zero-order valence-corrected chi connectivity index (χ0v) is 12.1. The van der Waals surface area contributed by atoms with Crippen LogP contribution in [0.1, 0.15) is 40.5 Å². The molecule has 2 unspecified atom stereocenters. The molecule has 4 nitrogen and oxygen atoms in total. The van der Waals surface area contributed by atoms with Gasteiger partial charge in [0.05, 0.1) is 5.92 Å². The Labute approximate surface area is 111 Å². The van der Waals surface area contributed by atoms with E-state index in [1.54, 1.807) is 0 Å². The average Bonchev–Trinajstić information content (AvgIpc) is 2.35. The molecule has 0 aromatic carbocycles. The molecule has 0 aliphatic carbocycles. The van der Waals surface area contributed by atoms with Crippen LogP contribution >= 0.6 is 0 Å². The van der Waals surface area contributed by atoms with Crippen LogP contribution in [0.25, 0.3) is 0 Å². The van der Waals surface area contributed by atoms with Crippen molar-refractivity contribution in [2.75, 3.05) is 19.6 Å². The van der Waals surface area contributed by atoms with Crippen LogP contribution in [0.5, 0.6) is 0 Å². The van der Waals surface area contributed by atoms with Gasteiger partial charge in [0.1, 0.15) is 0 Å². The Morgan fingerprint density at radius 3 is 2.28 bits per heavy atom. The highest BCUT2D eigenvalue weighted by atomic mass is 16.4. The number of rotatable bonds is 6. The van der Waals surface area contributed by atoms with Gasteiger partial charge in [-0.05, 0) is 52.6 Å². The minimum Gasteiger partial charge on any atom is -0.481 e. The lowest BCUT2D eigenvalue weighted by Gasteiger charge is -2.38. The lowest BCUT2D eigenvalue weighted by atomic mass is 9.94. The van der Waals surface area contributed by atoms with Crippen LogP contribution in [0.4, 0.5) is 0 Å². The van der Waals surface area contributed by atoms with Crippen molar-refractivity contribution in [3.63, 3.8) is 0 Å². The maximum atomic E-state index is 11.1. The van der Waals surface area contributed by atoms with E-state index in [0.29, 0.717) is 12.0 Å². The highest BCUT2D eigenvalue weighted by Gasteiger charge is 2.29. The normalized spacial score (nSPS) is 21.2. The molecule has 4 heteroatoms. The van der Waals surface area contributed by atoms with Gasteiger partial charge >= 0.3 is 5.97 Å². The van der Waals surface area contributed by atoms with E-state index < -0.39 is 5.97 Å². The first-order valence-electron chi connectivity index (χ1n) is 7.12. The van der Waals surface area contributed by atoms with Crippen LogP contribution in [-0.2, 0) is 4.79 Å². The van der Waals surface area contributed by atoms with E-state index in [0.717, 1.165) is 19.6 Å². The SMILES string of the molecule is CC(C(=O)O)C(C)N(CC1CCNCC1)C(C)C. The maximum absolute atomic E-state index is 11.1. The molecule has 0 radical (unpaired) electrons. The summed E-state index contributed by atoms with van der Waals surface area (Å²) < 4.78 is 0. The summed E-state index contributed by atoms with van der Waals surface area (Å²) in [6.07, 6.45) is 2.41. The van der Waals surface area contributed by atoms with Gasteiger partial charge in [0.25, 0.3) is 0 Å². The van der Waals surface area contributed by atoms with E-state index >= 15 is 0 Å². The Kier molecular flexibility index (Phi) is 6.09. The number of carboxylic acids is 1. The van der Waals surface area contributed by atoms with Gasteiger partial charge in [-0.3, -0.25) is 9.69 Å². The minimum absolute atomic E-state index is 0.0948. The molecule has 1 heterocycles. The molecule has 106 valence electrons. The Morgan fingerprint density at radius 1 is 1.28 bits per heavy atom. The molecular weight excluding hydrogens is 228 g/mol. The number of carbonyl (C=O) groups is 1. The average molecular weight is 256 g/mol. The second-order valence-corrected chi connectivity index (χ2v) is 5.85. The fourth-order valence-electron chi connectivity index (χ4n) is 2.70. The quantitative estimate of drug-likeness (QED) is 0.761. The van der Waals surface area contributed by atoms with E-state index in [-0.39, 0.29) is 12.0 Å². The monoisotopic (exact) mass is 256 g/mol. The predicted octanol–water partition coefficient (Wildman–Crippen LogP) is 1.81. The van der Waals surface area contributed by atoms with E-state index in [2.05, 4.69) is 24.1 Å². The van der Waals surface area contributed by atoms with Crippen molar-refractivity contribution in [3.8, 4) is 0 Å². The maximum Gasteiger partial charge on any atom is 0.307 e. The number of aliphatic carboxylic acids is 1. The van der Waals surface area contributed by atoms with E-state index in [4.69, 9.17) is 5.11 Å². The fourth-order valence-corrected chi connectivity index (χ4v) is 2.70. The van der Waals surface area contributed by atoms with Crippen molar-refractivity contribution >= 4 is 5.97 Å². The second kappa shape index (κ2) is 7.10. The molecule has 0 saturated carbocycles. The van der Waals surface area contributed by atoms with Gasteiger partial charge in [-0.2, -0.15) is 0 Å². The summed E-state index contributed by atoms with van der Waals surface area (Å²) in [5.74, 6) is -0.301. The lowest BCUT2D eigenvalue weighted by Crippen LogP contribution is -2.48. The lowest BCUT2D eigenvalue weighted by molar-refractivity contribution is -0.143. The summed E-state index contributed by atoms with van der Waals surface area (Å²) in [5.41, 5.74) is 0. The number of piperidine rings is 1. The van der Waals surface area contributed by atoms with E-state index in [9.17, 15) is 4.79 Å². The number of nitrogens with one attached hydrogen (secondary N) is 1. The number of hydrogen-bond donors (Lipinski definition) is 2. The molecule has 0 aromatic heterocycles. The van der Waals surface area contributed by atoms with Crippen molar-refractivity contribution in [2.24, 2.45) is 11.8 Å². The number of hydrogen-bond acceptors (Lipinski definition) is 3. The fraction of sp³-hybridized carbons (Fsp3) is 0.929. The van der Waals surface area contributed by atoms with Gasteiger partial charge in [-0.15, -0.1) is 0 Å². The third-order valence-corrected chi connectivity index (χ3v) is 4.23. The summed E-state index contributed by atoms with van der Waals surface area (Å²) in [6, 6.07) is 0.495. The Hall–Kier alpha value is -0.610. The van der Waals surface area contributed by atoms with Crippen LogP contribution in [-0.4, -0.2) is 47.7 Å². The third-order valence-electron chi connectivity index (χ3n) is 4.23. The predicted molar refractivity (Wildman–Crippen MR) is 73.7 cm³/mol. The van der Waals surface area contributed by atoms with Crippen molar-refractivity contribution < 1.29 is 9.90 Å². The Bertz CT molecular complexity index is 263. The first-order chi connectivity index (χ1) is 8.43. The molecule has 2 N–H and O–H groups in total. The molecule has 1 fully saturated rings. The number of carboxylic acid groups (broad SMARTS) is 1. The molecule has 0 amide bonds. The van der Waals surface area contributed by atoms with Gasteiger partial charge < -0.3 is 10.4 Å². The highest BCUT2D eigenvalue weighted by molar-refractivity contribution is 5.70. The Morgan fingerprint density at radius 2 is 1.83 bits per heavy atom. The van der Waals surface area contributed by atoms with Gasteiger partial charge in [-0.25, -0.2) is 0 Å². The summed E-state index contributed by atoms with van der Waals surface area (Å²) >= 11 is 0. The molecule has 0 spiro atoms. The molecule has 0 bridgehead atoms. The zero-order chi connectivity index (χ0) is 13.7. The molecule has 1 aliphatic rings. The van der Waals surface area contributed by atoms with Crippen molar-refractivity contribution in [2.45, 2.75) is 52.6 Å². The van der Waals surface area contributed by atoms with Gasteiger partial charge in [0, 0.05) is 18.6 Å². The van der Waals surface area contributed by atoms with E-state index in [1.165, 1.54) is 12.8 Å². The largest absolute Gasteiger partial charge is 0.481 e. The van der Waals surface area contributed by atoms with Crippen LogP contribution in [0.15, 0.2) is 0 Å². The van der Waals surface area contributed by atoms with Gasteiger partial charge in [0.2, 0.25) is 0 Å². The first kappa shape index (κ1) is 15.4. The van der Waals surface area contributed by atoms with Crippen LogP contribution in [0, 0.1) is 11.8 Å². The van der Waals surface area contributed by atoms with E-state index in [1.807, 2.05) is 13.8 Å². The minimum atomic E-state index is -0.696. The third kappa shape index (κ3) is 4.25. The smallest absolute Gasteiger partial charge is 0.307 e. The summed E-state index contributed by atoms with van der Waals surface area (Å²) in [6.45, 7) is 11.4. The zero-order valence-electron chi connectivity index (χ0n) is 12.1. The molecule has 1 rings (SSSR count). The van der Waals surface area contributed by atoms with Crippen molar-refractivity contribution in [1.82, 2.24) is 10.2 Å². The summed E-state index contributed by atoms with van der Waals surface area (Å²) in [7, 11) is 0. The van der Waals surface area contributed by atoms with Crippen molar-refractivity contribution in [3.05, 3.63) is 0 Å². The molecular formula is C14H28N2O2. The molecule has 1 saturated heterocycles. The second-order valence-electron chi connectivity index (χ2n) is 5.85. The van der Waals surface area contributed by atoms with Gasteiger partial charge in [-0.1, -0.05) is 6.92 Å². The molecule has 1 aliphatic heterocycles. The summed E-state index contributed by atoms with van der Waals surface area (Å²) in [5, 5.41) is 12.5. The Balaban J connectivity index is 2.60. The molecule has 2 atom stereocenters.